The number of amides is 2. The number of carbonyl (C=O) groups excluding carboxylic acids is 2. The van der Waals surface area contributed by atoms with Gasteiger partial charge in [0.15, 0.2) is 5.60 Å². The lowest BCUT2D eigenvalue weighted by molar-refractivity contribution is -0.137. The zero-order chi connectivity index (χ0) is 22.8. The van der Waals surface area contributed by atoms with Crippen LogP contribution in [0.5, 0.6) is 0 Å². The van der Waals surface area contributed by atoms with Crippen molar-refractivity contribution in [3.8, 4) is 0 Å². The third-order valence-electron chi connectivity index (χ3n) is 8.82. The molecule has 1 aromatic rings. The Hall–Kier alpha value is -2.08. The molecule has 4 fully saturated rings. The van der Waals surface area contributed by atoms with Crippen LogP contribution in [-0.4, -0.2) is 60.1 Å². The minimum Gasteiger partial charge on any atom is -0.433 e. The molecule has 2 N–H and O–H groups in total. The number of fused-ring (bicyclic) bond motifs is 1. The van der Waals surface area contributed by atoms with E-state index in [1.165, 1.54) is 56.3 Å². The van der Waals surface area contributed by atoms with E-state index in [1.54, 1.807) is 0 Å². The van der Waals surface area contributed by atoms with Gasteiger partial charge >= 0.3 is 6.09 Å². The van der Waals surface area contributed by atoms with Gasteiger partial charge in [-0.05, 0) is 99.8 Å². The normalized spacial score (nSPS) is 29.2. The quantitative estimate of drug-likeness (QED) is 0.704. The first-order valence-corrected chi connectivity index (χ1v) is 13.1. The van der Waals surface area contributed by atoms with Gasteiger partial charge in [0.25, 0.3) is 5.91 Å². The predicted molar refractivity (Wildman–Crippen MR) is 128 cm³/mol. The summed E-state index contributed by atoms with van der Waals surface area (Å²) >= 11 is 0. The molecule has 0 spiro atoms. The molecule has 2 aliphatic heterocycles. The fourth-order valence-electron chi connectivity index (χ4n) is 6.84. The molecule has 1 aromatic carbocycles. The van der Waals surface area contributed by atoms with Gasteiger partial charge < -0.3 is 20.3 Å². The number of hydrogen-bond donors (Lipinski definition) is 1. The minimum absolute atomic E-state index is 0.346. The summed E-state index contributed by atoms with van der Waals surface area (Å²) in [4.78, 5) is 29.5. The van der Waals surface area contributed by atoms with Crippen LogP contribution in [0.25, 0.3) is 0 Å². The standard InChI is InChI=1S/C27H39N3O3/c28-25(31)27(13-1-2-14-27)33-26(32)30-18-22-6-5-7-23(24(22)19-30)21-10-8-20(9-11-21)12-17-29-15-3-4-16-29/h8-11,22-24H,1-7,12-19H2,(H2,28,31). The molecule has 2 amide bonds. The van der Waals surface area contributed by atoms with Gasteiger partial charge in [-0.15, -0.1) is 0 Å². The third-order valence-corrected chi connectivity index (χ3v) is 8.82. The Kier molecular flexibility index (Phi) is 6.64. The van der Waals surface area contributed by atoms with Crippen molar-refractivity contribution in [2.24, 2.45) is 17.6 Å². The lowest BCUT2D eigenvalue weighted by atomic mass is 9.71. The molecule has 2 saturated heterocycles. The number of rotatable bonds is 6. The van der Waals surface area contributed by atoms with Crippen LogP contribution in [0.3, 0.4) is 0 Å². The smallest absolute Gasteiger partial charge is 0.410 e. The summed E-state index contributed by atoms with van der Waals surface area (Å²) in [6, 6.07) is 9.28. The van der Waals surface area contributed by atoms with Crippen molar-refractivity contribution in [3.05, 3.63) is 35.4 Å². The van der Waals surface area contributed by atoms with Gasteiger partial charge in [0.05, 0.1) is 0 Å². The molecule has 6 heteroatoms. The van der Waals surface area contributed by atoms with Crippen LogP contribution in [-0.2, 0) is 16.0 Å². The van der Waals surface area contributed by atoms with Gasteiger partial charge in [0, 0.05) is 19.6 Å². The molecule has 2 saturated carbocycles. The second-order valence-electron chi connectivity index (χ2n) is 10.8. The second kappa shape index (κ2) is 9.65. The van der Waals surface area contributed by atoms with E-state index >= 15 is 0 Å². The van der Waals surface area contributed by atoms with Crippen molar-refractivity contribution in [1.29, 1.82) is 0 Å². The van der Waals surface area contributed by atoms with Gasteiger partial charge in [-0.2, -0.15) is 0 Å². The first-order chi connectivity index (χ1) is 16.0. The molecule has 33 heavy (non-hydrogen) atoms. The molecule has 180 valence electrons. The molecule has 3 unspecified atom stereocenters. The van der Waals surface area contributed by atoms with Crippen molar-refractivity contribution in [3.63, 3.8) is 0 Å². The number of nitrogens with zero attached hydrogens (tertiary/aromatic N) is 2. The molecule has 0 bridgehead atoms. The van der Waals surface area contributed by atoms with Crippen LogP contribution in [0.15, 0.2) is 24.3 Å². The van der Waals surface area contributed by atoms with E-state index in [-0.39, 0.29) is 6.09 Å². The lowest BCUT2D eigenvalue weighted by Crippen LogP contribution is -2.48. The van der Waals surface area contributed by atoms with Crippen LogP contribution >= 0.6 is 0 Å². The van der Waals surface area contributed by atoms with Crippen molar-refractivity contribution < 1.29 is 14.3 Å². The highest BCUT2D eigenvalue weighted by molar-refractivity contribution is 5.86. The van der Waals surface area contributed by atoms with Gasteiger partial charge in [0.1, 0.15) is 0 Å². The molecule has 2 aliphatic carbocycles. The number of likely N-dealkylation sites (tertiary alicyclic amines) is 2. The molecular formula is C27H39N3O3. The minimum atomic E-state index is -1.09. The number of hydrogen-bond acceptors (Lipinski definition) is 4. The number of carbonyl (C=O) groups is 2. The van der Waals surface area contributed by atoms with Gasteiger partial charge in [0.2, 0.25) is 0 Å². The van der Waals surface area contributed by atoms with Crippen molar-refractivity contribution >= 4 is 12.0 Å². The molecular weight excluding hydrogens is 414 g/mol. The van der Waals surface area contributed by atoms with Crippen molar-refractivity contribution in [2.75, 3.05) is 32.7 Å². The Labute approximate surface area is 197 Å². The van der Waals surface area contributed by atoms with E-state index in [0.29, 0.717) is 30.6 Å². The molecule has 6 nitrogen and oxygen atoms in total. The predicted octanol–water partition coefficient (Wildman–Crippen LogP) is 4.08. The lowest BCUT2D eigenvalue weighted by Gasteiger charge is -2.33. The zero-order valence-corrected chi connectivity index (χ0v) is 19.8. The number of benzene rings is 1. The van der Waals surface area contributed by atoms with E-state index in [2.05, 4.69) is 29.2 Å². The number of nitrogens with two attached hydrogens (primary N) is 1. The maximum absolute atomic E-state index is 13.0. The van der Waals surface area contributed by atoms with Crippen LogP contribution in [0.2, 0.25) is 0 Å². The molecule has 5 rings (SSSR count). The van der Waals surface area contributed by atoms with E-state index in [9.17, 15) is 9.59 Å². The zero-order valence-electron chi connectivity index (χ0n) is 19.8. The first-order valence-electron chi connectivity index (χ1n) is 13.1. The number of ether oxygens (including phenoxy) is 1. The summed E-state index contributed by atoms with van der Waals surface area (Å²) in [5, 5.41) is 0. The topological polar surface area (TPSA) is 75.9 Å². The Bertz CT molecular complexity index is 843. The molecule has 2 heterocycles. The van der Waals surface area contributed by atoms with Crippen LogP contribution in [0.4, 0.5) is 4.79 Å². The average Bonchev–Trinajstić information content (AvgIpc) is 3.58. The summed E-state index contributed by atoms with van der Waals surface area (Å²) in [6.07, 6.45) is 9.91. The second-order valence-corrected chi connectivity index (χ2v) is 10.8. The largest absolute Gasteiger partial charge is 0.433 e. The molecule has 4 aliphatic rings. The van der Waals surface area contributed by atoms with Crippen LogP contribution < -0.4 is 5.73 Å². The van der Waals surface area contributed by atoms with E-state index in [4.69, 9.17) is 10.5 Å². The molecule has 3 atom stereocenters. The van der Waals surface area contributed by atoms with E-state index in [1.807, 2.05) is 4.90 Å². The molecule has 0 aromatic heterocycles. The Morgan fingerprint density at radius 1 is 0.970 bits per heavy atom. The monoisotopic (exact) mass is 453 g/mol. The van der Waals surface area contributed by atoms with Crippen molar-refractivity contribution in [2.45, 2.75) is 75.7 Å². The Morgan fingerprint density at radius 2 is 1.70 bits per heavy atom. The number of primary amides is 1. The average molecular weight is 454 g/mol. The third kappa shape index (κ3) is 4.77. The SMILES string of the molecule is NC(=O)C1(OC(=O)N2CC3CCCC(c4ccc(CCN5CCCC5)cc4)C3C2)CCCC1. The highest BCUT2D eigenvalue weighted by atomic mass is 16.6. The summed E-state index contributed by atoms with van der Waals surface area (Å²) in [5.74, 6) is 0.979. The highest BCUT2D eigenvalue weighted by Crippen LogP contribution is 2.46. The van der Waals surface area contributed by atoms with E-state index in [0.717, 1.165) is 38.9 Å². The maximum atomic E-state index is 13.0. The Morgan fingerprint density at radius 3 is 2.39 bits per heavy atom. The van der Waals surface area contributed by atoms with Crippen LogP contribution in [0, 0.1) is 11.8 Å². The highest BCUT2D eigenvalue weighted by Gasteiger charge is 2.47. The van der Waals surface area contributed by atoms with E-state index < -0.39 is 11.5 Å². The van der Waals surface area contributed by atoms with Crippen molar-refractivity contribution in [1.82, 2.24) is 9.80 Å². The summed E-state index contributed by atoms with van der Waals surface area (Å²) in [5.41, 5.74) is 7.37. The molecule has 0 radical (unpaired) electrons. The first kappa shape index (κ1) is 22.7. The van der Waals surface area contributed by atoms with Gasteiger partial charge in [-0.1, -0.05) is 30.7 Å². The fraction of sp³-hybridized carbons (Fsp3) is 0.704. The fourth-order valence-corrected chi connectivity index (χ4v) is 6.84. The summed E-state index contributed by atoms with van der Waals surface area (Å²) in [6.45, 7) is 5.13. The van der Waals surface area contributed by atoms with Crippen LogP contribution in [0.1, 0.15) is 74.8 Å². The Balaban J connectivity index is 1.21. The maximum Gasteiger partial charge on any atom is 0.410 e. The van der Waals surface area contributed by atoms with Gasteiger partial charge in [-0.3, -0.25) is 4.79 Å². The summed E-state index contributed by atoms with van der Waals surface area (Å²) < 4.78 is 5.78. The van der Waals surface area contributed by atoms with Gasteiger partial charge in [-0.25, -0.2) is 4.79 Å². The summed E-state index contributed by atoms with van der Waals surface area (Å²) in [7, 11) is 0.